The monoisotopic (exact) mass is 254 g/mol. The number of primary amides is 1. The molecule has 0 bridgehead atoms. The molecular formula is C6H11IN2O. The number of carbonyl (C=O) groups is 1. The zero-order chi connectivity index (χ0) is 7.56. The highest BCUT2D eigenvalue weighted by atomic mass is 127. The molecule has 1 heterocycles. The van der Waals surface area contributed by atoms with E-state index in [1.54, 1.807) is 0 Å². The van der Waals surface area contributed by atoms with Crippen molar-refractivity contribution in [1.29, 1.82) is 0 Å². The number of alkyl halides is 1. The molecule has 1 aliphatic heterocycles. The standard InChI is InChI=1S/C6H11IN2O/c7-4-9-3-1-2-5(9)6(8)10/h5H,1-4H2,(H2,8,10)/t5-/m0/s1. The van der Waals surface area contributed by atoms with E-state index in [1.807, 2.05) is 0 Å². The summed E-state index contributed by atoms with van der Waals surface area (Å²) in [4.78, 5) is 12.9. The van der Waals surface area contributed by atoms with Crippen LogP contribution in [-0.4, -0.2) is 27.9 Å². The third-order valence-electron chi connectivity index (χ3n) is 1.85. The molecule has 0 saturated carbocycles. The maximum atomic E-state index is 10.7. The third-order valence-corrected chi connectivity index (χ3v) is 2.72. The van der Waals surface area contributed by atoms with Crippen molar-refractivity contribution in [2.45, 2.75) is 18.9 Å². The Balaban J connectivity index is 2.50. The highest BCUT2D eigenvalue weighted by Gasteiger charge is 2.27. The molecule has 0 aliphatic carbocycles. The van der Waals surface area contributed by atoms with Crippen LogP contribution in [-0.2, 0) is 4.79 Å². The van der Waals surface area contributed by atoms with Crippen molar-refractivity contribution in [3.63, 3.8) is 0 Å². The van der Waals surface area contributed by atoms with Crippen molar-refractivity contribution < 1.29 is 4.79 Å². The van der Waals surface area contributed by atoms with Crippen LogP contribution in [0.4, 0.5) is 0 Å². The first-order valence-corrected chi connectivity index (χ1v) is 4.87. The molecule has 0 aromatic carbocycles. The highest BCUT2D eigenvalue weighted by Crippen LogP contribution is 2.17. The van der Waals surface area contributed by atoms with Gasteiger partial charge in [0.1, 0.15) is 0 Å². The summed E-state index contributed by atoms with van der Waals surface area (Å²) in [6.45, 7) is 1.02. The van der Waals surface area contributed by atoms with E-state index in [1.165, 1.54) is 0 Å². The molecule has 1 aliphatic rings. The van der Waals surface area contributed by atoms with Crippen molar-refractivity contribution in [2.24, 2.45) is 5.73 Å². The van der Waals surface area contributed by atoms with Gasteiger partial charge in [0.15, 0.2) is 0 Å². The fraction of sp³-hybridized carbons (Fsp3) is 0.833. The average Bonchev–Trinajstić information content (AvgIpc) is 2.33. The number of amides is 1. The minimum atomic E-state index is -0.172. The van der Waals surface area contributed by atoms with Crippen molar-refractivity contribution in [2.75, 3.05) is 11.1 Å². The van der Waals surface area contributed by atoms with Crippen LogP contribution in [0.1, 0.15) is 12.8 Å². The minimum absolute atomic E-state index is 0.0110. The van der Waals surface area contributed by atoms with Crippen LogP contribution in [0.2, 0.25) is 0 Å². The first kappa shape index (κ1) is 8.26. The van der Waals surface area contributed by atoms with E-state index in [-0.39, 0.29) is 11.9 Å². The SMILES string of the molecule is NC(=O)[C@@H]1CCCN1CI. The quantitative estimate of drug-likeness (QED) is 0.438. The maximum absolute atomic E-state index is 10.7. The van der Waals surface area contributed by atoms with E-state index in [0.29, 0.717) is 0 Å². The number of carbonyl (C=O) groups excluding carboxylic acids is 1. The Labute approximate surface area is 74.1 Å². The van der Waals surface area contributed by atoms with E-state index in [9.17, 15) is 4.79 Å². The molecule has 58 valence electrons. The maximum Gasteiger partial charge on any atom is 0.234 e. The zero-order valence-electron chi connectivity index (χ0n) is 5.72. The van der Waals surface area contributed by atoms with Gasteiger partial charge in [-0.2, -0.15) is 0 Å². The van der Waals surface area contributed by atoms with Gasteiger partial charge in [-0.3, -0.25) is 9.69 Å². The van der Waals surface area contributed by atoms with Crippen LogP contribution in [0.3, 0.4) is 0 Å². The molecule has 3 nitrogen and oxygen atoms in total. The number of rotatable bonds is 2. The summed E-state index contributed by atoms with van der Waals surface area (Å²) in [5.74, 6) is -0.172. The van der Waals surface area contributed by atoms with Crippen molar-refractivity contribution in [3.05, 3.63) is 0 Å². The molecule has 1 fully saturated rings. The average molecular weight is 254 g/mol. The van der Waals surface area contributed by atoms with Crippen LogP contribution in [0.25, 0.3) is 0 Å². The summed E-state index contributed by atoms with van der Waals surface area (Å²) >= 11 is 2.26. The molecule has 1 saturated heterocycles. The molecule has 1 rings (SSSR count). The fourth-order valence-corrected chi connectivity index (χ4v) is 2.11. The number of hydrogen-bond acceptors (Lipinski definition) is 2. The second-order valence-electron chi connectivity index (χ2n) is 2.49. The lowest BCUT2D eigenvalue weighted by Crippen LogP contribution is -2.39. The Kier molecular flexibility index (Phi) is 2.91. The Hall–Kier alpha value is 0.160. The summed E-state index contributed by atoms with van der Waals surface area (Å²) in [5.41, 5.74) is 5.18. The minimum Gasteiger partial charge on any atom is -0.368 e. The first-order chi connectivity index (χ1) is 4.75. The Morgan fingerprint density at radius 2 is 2.50 bits per heavy atom. The Morgan fingerprint density at radius 3 is 2.90 bits per heavy atom. The van der Waals surface area contributed by atoms with Crippen LogP contribution in [0.5, 0.6) is 0 Å². The van der Waals surface area contributed by atoms with Crippen molar-refractivity contribution in [3.8, 4) is 0 Å². The summed E-state index contributed by atoms with van der Waals surface area (Å²) in [6.07, 6.45) is 2.05. The second kappa shape index (κ2) is 3.52. The Morgan fingerprint density at radius 1 is 1.80 bits per heavy atom. The van der Waals surface area contributed by atoms with Gasteiger partial charge < -0.3 is 5.73 Å². The highest BCUT2D eigenvalue weighted by molar-refractivity contribution is 14.1. The predicted octanol–water partition coefficient (Wildman–Crippen LogP) is 0.329. The van der Waals surface area contributed by atoms with Gasteiger partial charge in [-0.1, -0.05) is 22.6 Å². The smallest absolute Gasteiger partial charge is 0.234 e. The second-order valence-corrected chi connectivity index (χ2v) is 3.17. The molecule has 0 radical (unpaired) electrons. The lowest BCUT2D eigenvalue weighted by atomic mass is 10.2. The van der Waals surface area contributed by atoms with Gasteiger partial charge in [0.2, 0.25) is 5.91 Å². The molecule has 1 atom stereocenters. The number of halogens is 1. The van der Waals surface area contributed by atoms with Gasteiger partial charge >= 0.3 is 0 Å². The predicted molar refractivity (Wildman–Crippen MR) is 47.8 cm³/mol. The summed E-state index contributed by atoms with van der Waals surface area (Å²) < 4.78 is 0.908. The van der Waals surface area contributed by atoms with E-state index in [2.05, 4.69) is 27.5 Å². The molecule has 0 unspecified atom stereocenters. The van der Waals surface area contributed by atoms with Crippen molar-refractivity contribution >= 4 is 28.5 Å². The largest absolute Gasteiger partial charge is 0.368 e. The van der Waals surface area contributed by atoms with Gasteiger partial charge in [0.05, 0.1) is 10.6 Å². The molecule has 2 N–H and O–H groups in total. The third kappa shape index (κ3) is 1.60. The molecule has 10 heavy (non-hydrogen) atoms. The van der Waals surface area contributed by atoms with Gasteiger partial charge in [-0.05, 0) is 19.4 Å². The van der Waals surface area contributed by atoms with Gasteiger partial charge in [-0.25, -0.2) is 0 Å². The number of hydrogen-bond donors (Lipinski definition) is 1. The lowest BCUT2D eigenvalue weighted by Gasteiger charge is -2.17. The molecule has 0 spiro atoms. The van der Waals surface area contributed by atoms with Crippen LogP contribution in [0.15, 0.2) is 0 Å². The van der Waals surface area contributed by atoms with E-state index in [0.717, 1.165) is 23.9 Å². The van der Waals surface area contributed by atoms with Gasteiger partial charge in [0.25, 0.3) is 0 Å². The van der Waals surface area contributed by atoms with Crippen LogP contribution < -0.4 is 5.73 Å². The molecule has 0 aromatic rings. The fourth-order valence-electron chi connectivity index (χ4n) is 1.29. The van der Waals surface area contributed by atoms with Crippen LogP contribution >= 0.6 is 22.6 Å². The zero-order valence-corrected chi connectivity index (χ0v) is 7.87. The topological polar surface area (TPSA) is 46.3 Å². The lowest BCUT2D eigenvalue weighted by molar-refractivity contribution is -0.121. The summed E-state index contributed by atoms with van der Waals surface area (Å²) in [6, 6.07) is 0.0110. The van der Waals surface area contributed by atoms with E-state index >= 15 is 0 Å². The number of nitrogens with zero attached hydrogens (tertiary/aromatic N) is 1. The molecular weight excluding hydrogens is 243 g/mol. The normalized spacial score (nSPS) is 27.1. The number of likely N-dealkylation sites (tertiary alicyclic amines) is 1. The van der Waals surface area contributed by atoms with Gasteiger partial charge in [-0.15, -0.1) is 0 Å². The Bertz CT molecular complexity index is 140. The molecule has 0 aromatic heterocycles. The summed E-state index contributed by atoms with van der Waals surface area (Å²) in [5, 5.41) is 0. The van der Waals surface area contributed by atoms with Crippen LogP contribution in [0, 0.1) is 0 Å². The molecule has 1 amide bonds. The van der Waals surface area contributed by atoms with Crippen molar-refractivity contribution in [1.82, 2.24) is 4.90 Å². The number of nitrogens with two attached hydrogens (primary N) is 1. The molecule has 4 heteroatoms. The van der Waals surface area contributed by atoms with E-state index in [4.69, 9.17) is 5.73 Å². The van der Waals surface area contributed by atoms with Gasteiger partial charge in [0, 0.05) is 0 Å². The van der Waals surface area contributed by atoms with E-state index < -0.39 is 0 Å². The summed E-state index contributed by atoms with van der Waals surface area (Å²) in [7, 11) is 0. The first-order valence-electron chi connectivity index (χ1n) is 3.35.